The van der Waals surface area contributed by atoms with Gasteiger partial charge in [0, 0.05) is 28.0 Å². The molecule has 0 saturated carbocycles. The molecule has 0 unspecified atom stereocenters. The maximum Gasteiger partial charge on any atom is 0.270 e. The molecule has 27 heavy (non-hydrogen) atoms. The molecule has 1 atom stereocenters. The molecule has 1 aliphatic carbocycles. The lowest BCUT2D eigenvalue weighted by Crippen LogP contribution is -2.09. The van der Waals surface area contributed by atoms with Crippen molar-refractivity contribution in [3.8, 4) is 0 Å². The van der Waals surface area contributed by atoms with Crippen LogP contribution in [-0.4, -0.2) is 26.4 Å². The molecule has 0 aliphatic heterocycles. The van der Waals surface area contributed by atoms with E-state index in [-0.39, 0.29) is 17.2 Å². The summed E-state index contributed by atoms with van der Waals surface area (Å²) in [6.07, 6.45) is 4.81. The summed E-state index contributed by atoms with van der Waals surface area (Å²) in [5.41, 5.74) is 1.61. The fourth-order valence-electron chi connectivity index (χ4n) is 3.37. The number of ketones is 1. The summed E-state index contributed by atoms with van der Waals surface area (Å²) < 4.78 is 0. The van der Waals surface area contributed by atoms with Crippen LogP contribution in [0.3, 0.4) is 0 Å². The smallest absolute Gasteiger partial charge is 0.270 e. The molecule has 0 fully saturated rings. The predicted molar refractivity (Wildman–Crippen MR) is 107 cm³/mol. The Hall–Kier alpha value is -2.32. The van der Waals surface area contributed by atoms with E-state index in [4.69, 9.17) is 0 Å². The van der Waals surface area contributed by atoms with E-state index in [1.165, 1.54) is 40.4 Å². The van der Waals surface area contributed by atoms with Gasteiger partial charge in [-0.15, -0.1) is 11.3 Å². The van der Waals surface area contributed by atoms with Crippen LogP contribution in [0.4, 0.5) is 5.69 Å². The Labute approximate surface area is 164 Å². The standard InChI is InChI=1S/C19H17N3O3S2/c1-11-5-6-14-16(7-11)27-19-17(14)18(20-10-21-19)26-9-15(23)12-3-2-4-13(8-12)22(24)25/h2-4,8,10-11H,5-7,9H2,1H3/t11-/m0/s1. The van der Waals surface area contributed by atoms with E-state index in [1.54, 1.807) is 23.7 Å². The average Bonchev–Trinajstić information content (AvgIpc) is 3.04. The number of non-ortho nitro benzene ring substituents is 1. The summed E-state index contributed by atoms with van der Waals surface area (Å²) in [5, 5.41) is 12.8. The summed E-state index contributed by atoms with van der Waals surface area (Å²) in [7, 11) is 0. The van der Waals surface area contributed by atoms with E-state index in [2.05, 4.69) is 16.9 Å². The van der Waals surface area contributed by atoms with Crippen molar-refractivity contribution in [2.45, 2.75) is 31.2 Å². The van der Waals surface area contributed by atoms with Crippen LogP contribution in [-0.2, 0) is 12.8 Å². The van der Waals surface area contributed by atoms with E-state index in [0.717, 1.165) is 34.5 Å². The van der Waals surface area contributed by atoms with Crippen molar-refractivity contribution in [3.05, 3.63) is 56.7 Å². The van der Waals surface area contributed by atoms with Gasteiger partial charge in [0.1, 0.15) is 16.2 Å². The zero-order valence-electron chi connectivity index (χ0n) is 14.7. The second-order valence-corrected chi connectivity index (χ2v) is 8.78. The van der Waals surface area contributed by atoms with Crippen LogP contribution in [0.15, 0.2) is 35.6 Å². The number of aryl methyl sites for hydroxylation is 1. The number of carbonyl (C=O) groups is 1. The Morgan fingerprint density at radius 2 is 2.26 bits per heavy atom. The van der Waals surface area contributed by atoms with Crippen LogP contribution in [0.5, 0.6) is 0 Å². The topological polar surface area (TPSA) is 86.0 Å². The molecule has 4 rings (SSSR count). The average molecular weight is 399 g/mol. The Kier molecular flexibility index (Phi) is 4.92. The van der Waals surface area contributed by atoms with Gasteiger partial charge in [-0.3, -0.25) is 14.9 Å². The lowest BCUT2D eigenvalue weighted by molar-refractivity contribution is -0.384. The first-order chi connectivity index (χ1) is 13.0. The lowest BCUT2D eigenvalue weighted by Gasteiger charge is -2.18. The molecule has 0 bridgehead atoms. The number of hydrogen-bond acceptors (Lipinski definition) is 7. The van der Waals surface area contributed by atoms with Gasteiger partial charge in [0.2, 0.25) is 0 Å². The summed E-state index contributed by atoms with van der Waals surface area (Å²) in [4.78, 5) is 34.1. The number of benzene rings is 1. The zero-order valence-corrected chi connectivity index (χ0v) is 16.3. The van der Waals surface area contributed by atoms with Crippen LogP contribution in [0.2, 0.25) is 0 Å². The van der Waals surface area contributed by atoms with Crippen molar-refractivity contribution >= 4 is 44.8 Å². The summed E-state index contributed by atoms with van der Waals surface area (Å²) in [6, 6.07) is 5.86. The monoisotopic (exact) mass is 399 g/mol. The quantitative estimate of drug-likeness (QED) is 0.203. The van der Waals surface area contributed by atoms with Crippen molar-refractivity contribution in [1.29, 1.82) is 0 Å². The molecular formula is C19H17N3O3S2. The predicted octanol–water partition coefficient (Wildman–Crippen LogP) is 4.70. The molecule has 2 heterocycles. The van der Waals surface area contributed by atoms with Gasteiger partial charge in [-0.1, -0.05) is 30.8 Å². The minimum atomic E-state index is -0.490. The van der Waals surface area contributed by atoms with Crippen molar-refractivity contribution in [1.82, 2.24) is 9.97 Å². The minimum Gasteiger partial charge on any atom is -0.293 e. The van der Waals surface area contributed by atoms with Gasteiger partial charge in [0.05, 0.1) is 10.7 Å². The van der Waals surface area contributed by atoms with Crippen LogP contribution < -0.4 is 0 Å². The van der Waals surface area contributed by atoms with Crippen LogP contribution in [0, 0.1) is 16.0 Å². The van der Waals surface area contributed by atoms with Gasteiger partial charge in [-0.25, -0.2) is 9.97 Å². The van der Waals surface area contributed by atoms with Crippen molar-refractivity contribution < 1.29 is 9.72 Å². The number of rotatable bonds is 5. The van der Waals surface area contributed by atoms with E-state index in [9.17, 15) is 14.9 Å². The van der Waals surface area contributed by atoms with Gasteiger partial charge in [0.25, 0.3) is 5.69 Å². The lowest BCUT2D eigenvalue weighted by atomic mass is 9.89. The third-order valence-electron chi connectivity index (χ3n) is 4.78. The number of thioether (sulfide) groups is 1. The maximum atomic E-state index is 12.5. The third kappa shape index (κ3) is 3.59. The first-order valence-corrected chi connectivity index (χ1v) is 10.5. The highest BCUT2D eigenvalue weighted by molar-refractivity contribution is 8.00. The van der Waals surface area contributed by atoms with E-state index >= 15 is 0 Å². The van der Waals surface area contributed by atoms with E-state index in [0.29, 0.717) is 11.5 Å². The summed E-state index contributed by atoms with van der Waals surface area (Å²) in [5.74, 6) is 0.729. The Morgan fingerprint density at radius 3 is 3.07 bits per heavy atom. The number of nitrogens with zero attached hydrogens (tertiary/aromatic N) is 3. The van der Waals surface area contributed by atoms with E-state index < -0.39 is 4.92 Å². The number of fused-ring (bicyclic) bond motifs is 3. The molecular weight excluding hydrogens is 382 g/mol. The van der Waals surface area contributed by atoms with Gasteiger partial charge in [-0.05, 0) is 30.7 Å². The van der Waals surface area contributed by atoms with Crippen molar-refractivity contribution in [3.63, 3.8) is 0 Å². The number of Topliss-reactive ketones (excluding diaryl/α,β-unsaturated/α-hetero) is 1. The number of nitro groups is 1. The Morgan fingerprint density at radius 1 is 1.41 bits per heavy atom. The summed E-state index contributed by atoms with van der Waals surface area (Å²) in [6.45, 7) is 2.27. The highest BCUT2D eigenvalue weighted by Crippen LogP contribution is 2.40. The molecule has 0 saturated heterocycles. The largest absolute Gasteiger partial charge is 0.293 e. The number of carbonyl (C=O) groups excluding carboxylic acids is 1. The molecule has 6 nitrogen and oxygen atoms in total. The first kappa shape index (κ1) is 18.1. The molecule has 0 N–H and O–H groups in total. The molecule has 2 aromatic heterocycles. The van der Waals surface area contributed by atoms with Crippen LogP contribution in [0.1, 0.15) is 34.1 Å². The number of aromatic nitrogens is 2. The fraction of sp³-hybridized carbons (Fsp3) is 0.316. The number of thiophene rings is 1. The normalized spacial score (nSPS) is 16.3. The van der Waals surface area contributed by atoms with Crippen molar-refractivity contribution in [2.75, 3.05) is 5.75 Å². The molecule has 8 heteroatoms. The van der Waals surface area contributed by atoms with Gasteiger partial charge >= 0.3 is 0 Å². The Bertz CT molecular complexity index is 1050. The zero-order chi connectivity index (χ0) is 19.0. The minimum absolute atomic E-state index is 0.0729. The number of hydrogen-bond donors (Lipinski definition) is 0. The van der Waals surface area contributed by atoms with Crippen molar-refractivity contribution in [2.24, 2.45) is 5.92 Å². The molecule has 0 spiro atoms. The van der Waals surface area contributed by atoms with E-state index in [1.807, 2.05) is 0 Å². The van der Waals surface area contributed by atoms with Crippen LogP contribution >= 0.6 is 23.1 Å². The molecule has 3 aromatic rings. The molecule has 138 valence electrons. The highest BCUT2D eigenvalue weighted by Gasteiger charge is 2.23. The Balaban J connectivity index is 1.58. The van der Waals surface area contributed by atoms with Crippen LogP contribution in [0.25, 0.3) is 10.2 Å². The molecule has 1 aliphatic rings. The molecule has 0 radical (unpaired) electrons. The first-order valence-electron chi connectivity index (χ1n) is 8.68. The SMILES string of the molecule is C[C@H]1CCc2c(sc3ncnc(SCC(=O)c4cccc([N+](=O)[O-])c4)c23)C1. The van der Waals surface area contributed by atoms with Gasteiger partial charge in [-0.2, -0.15) is 0 Å². The third-order valence-corrected chi connectivity index (χ3v) is 6.93. The number of nitro benzene ring substituents is 1. The second-order valence-electron chi connectivity index (χ2n) is 6.73. The highest BCUT2D eigenvalue weighted by atomic mass is 32.2. The summed E-state index contributed by atoms with van der Waals surface area (Å²) >= 11 is 3.11. The second kappa shape index (κ2) is 7.36. The van der Waals surface area contributed by atoms with Gasteiger partial charge < -0.3 is 0 Å². The molecule has 1 aromatic carbocycles. The molecule has 0 amide bonds. The van der Waals surface area contributed by atoms with Gasteiger partial charge in [0.15, 0.2) is 5.78 Å². The maximum absolute atomic E-state index is 12.5. The fourth-order valence-corrected chi connectivity index (χ4v) is 5.70.